The molecule has 2 amide bonds. The van der Waals surface area contributed by atoms with E-state index >= 15 is 0 Å². The van der Waals surface area contributed by atoms with E-state index < -0.39 is 11.8 Å². The molecule has 2 N–H and O–H groups in total. The molecule has 2 aromatic rings. The molecule has 0 aromatic heterocycles. The molecule has 7 heteroatoms. The maximum absolute atomic E-state index is 11.9. The van der Waals surface area contributed by atoms with Crippen LogP contribution in [0.3, 0.4) is 0 Å². The van der Waals surface area contributed by atoms with Crippen molar-refractivity contribution in [2.75, 3.05) is 19.0 Å². The number of carbonyl (C=O) groups excluding carboxylic acids is 2. The summed E-state index contributed by atoms with van der Waals surface area (Å²) in [5.41, 5.74) is 1.52. The lowest BCUT2D eigenvalue weighted by Gasteiger charge is -2.08. The lowest BCUT2D eigenvalue weighted by atomic mass is 10.1. The summed E-state index contributed by atoms with van der Waals surface area (Å²) in [7, 11) is 1.60. The number of rotatable bonds is 5. The van der Waals surface area contributed by atoms with E-state index in [2.05, 4.69) is 26.6 Å². The molecule has 2 rings (SSSR count). The molecule has 0 atom stereocenters. The number of ether oxygens (including phenoxy) is 1. The van der Waals surface area contributed by atoms with Gasteiger partial charge in [-0.1, -0.05) is 23.7 Å². The van der Waals surface area contributed by atoms with E-state index in [-0.39, 0.29) is 0 Å². The Balaban J connectivity index is 1.81. The topological polar surface area (TPSA) is 67.4 Å². The predicted molar refractivity (Wildman–Crippen MR) is 97.5 cm³/mol. The Morgan fingerprint density at radius 3 is 2.46 bits per heavy atom. The van der Waals surface area contributed by atoms with Gasteiger partial charge in [0.05, 0.1) is 12.8 Å². The van der Waals surface area contributed by atoms with Gasteiger partial charge in [-0.15, -0.1) is 0 Å². The Bertz CT molecular complexity index is 735. The molecule has 0 unspecified atom stereocenters. The lowest BCUT2D eigenvalue weighted by Crippen LogP contribution is -2.36. The van der Waals surface area contributed by atoms with Crippen molar-refractivity contribution >= 4 is 45.0 Å². The van der Waals surface area contributed by atoms with Gasteiger partial charge in [-0.05, 0) is 58.2 Å². The molecule has 0 heterocycles. The first-order chi connectivity index (χ1) is 11.5. The second-order valence-corrected chi connectivity index (χ2v) is 6.22. The van der Waals surface area contributed by atoms with E-state index in [1.165, 1.54) is 0 Å². The highest BCUT2D eigenvalue weighted by Crippen LogP contribution is 2.25. The monoisotopic (exact) mass is 410 g/mol. The van der Waals surface area contributed by atoms with Crippen molar-refractivity contribution < 1.29 is 14.3 Å². The highest BCUT2D eigenvalue weighted by atomic mass is 79.9. The number of halogens is 2. The molecule has 24 heavy (non-hydrogen) atoms. The van der Waals surface area contributed by atoms with E-state index in [9.17, 15) is 9.59 Å². The molecule has 0 spiro atoms. The summed E-state index contributed by atoms with van der Waals surface area (Å²) in [5, 5.41) is 5.65. The average molecular weight is 412 g/mol. The predicted octanol–water partition coefficient (Wildman–Crippen LogP) is 3.41. The number of hydrogen-bond acceptors (Lipinski definition) is 3. The van der Waals surface area contributed by atoms with Crippen LogP contribution in [0.4, 0.5) is 5.69 Å². The molecule has 0 saturated carbocycles. The summed E-state index contributed by atoms with van der Waals surface area (Å²) in [5.74, 6) is -0.645. The Labute approximate surface area is 153 Å². The molecule has 2 aromatic carbocycles. The van der Waals surface area contributed by atoms with Crippen LogP contribution in [0.2, 0.25) is 5.02 Å². The first kappa shape index (κ1) is 18.3. The van der Waals surface area contributed by atoms with Crippen LogP contribution in [-0.2, 0) is 16.0 Å². The number of benzene rings is 2. The summed E-state index contributed by atoms with van der Waals surface area (Å²) in [6.07, 6.45) is 0.619. The zero-order valence-corrected chi connectivity index (χ0v) is 15.3. The molecule has 0 bridgehead atoms. The maximum atomic E-state index is 11.9. The third-order valence-electron chi connectivity index (χ3n) is 3.24. The first-order valence-electron chi connectivity index (χ1n) is 7.17. The number of amides is 2. The Morgan fingerprint density at radius 1 is 1.12 bits per heavy atom. The fraction of sp³-hybridized carbons (Fsp3) is 0.176. The summed E-state index contributed by atoms with van der Waals surface area (Å²) >= 11 is 9.11. The second-order valence-electron chi connectivity index (χ2n) is 4.93. The van der Waals surface area contributed by atoms with Crippen molar-refractivity contribution in [3.63, 3.8) is 0 Å². The van der Waals surface area contributed by atoms with Gasteiger partial charge in [0.15, 0.2) is 0 Å². The van der Waals surface area contributed by atoms with Gasteiger partial charge in [0.1, 0.15) is 5.75 Å². The maximum Gasteiger partial charge on any atom is 0.313 e. The largest absolute Gasteiger partial charge is 0.497 e. The van der Waals surface area contributed by atoms with Crippen LogP contribution in [0.1, 0.15) is 5.56 Å². The zero-order chi connectivity index (χ0) is 17.5. The lowest BCUT2D eigenvalue weighted by molar-refractivity contribution is -0.136. The molecule has 126 valence electrons. The van der Waals surface area contributed by atoms with Crippen molar-refractivity contribution in [3.05, 3.63) is 57.5 Å². The van der Waals surface area contributed by atoms with Gasteiger partial charge >= 0.3 is 11.8 Å². The van der Waals surface area contributed by atoms with Crippen molar-refractivity contribution in [2.24, 2.45) is 0 Å². The highest BCUT2D eigenvalue weighted by molar-refractivity contribution is 9.10. The molecule has 0 aliphatic carbocycles. The normalized spacial score (nSPS) is 10.1. The van der Waals surface area contributed by atoms with Crippen LogP contribution in [0.15, 0.2) is 46.9 Å². The fourth-order valence-electron chi connectivity index (χ4n) is 1.96. The minimum absolute atomic E-state index is 0.361. The van der Waals surface area contributed by atoms with Crippen molar-refractivity contribution in [1.82, 2.24) is 5.32 Å². The van der Waals surface area contributed by atoms with Gasteiger partial charge < -0.3 is 15.4 Å². The van der Waals surface area contributed by atoms with Gasteiger partial charge in [0.25, 0.3) is 0 Å². The van der Waals surface area contributed by atoms with Crippen LogP contribution in [0, 0.1) is 0 Å². The minimum Gasteiger partial charge on any atom is -0.497 e. The van der Waals surface area contributed by atoms with Gasteiger partial charge in [0.2, 0.25) is 0 Å². The fourth-order valence-corrected chi connectivity index (χ4v) is 2.74. The summed E-state index contributed by atoms with van der Waals surface area (Å²) < 4.78 is 5.69. The molecule has 0 radical (unpaired) electrons. The minimum atomic E-state index is -0.729. The highest BCUT2D eigenvalue weighted by Gasteiger charge is 2.14. The van der Waals surface area contributed by atoms with Gasteiger partial charge in [-0.3, -0.25) is 9.59 Å². The summed E-state index contributed by atoms with van der Waals surface area (Å²) in [6, 6.07) is 12.4. The molecular weight excluding hydrogens is 396 g/mol. The Hall–Kier alpha value is -2.05. The van der Waals surface area contributed by atoms with Crippen LogP contribution in [-0.4, -0.2) is 25.5 Å². The number of anilines is 1. The van der Waals surface area contributed by atoms with Crippen molar-refractivity contribution in [3.8, 4) is 5.75 Å². The smallest absolute Gasteiger partial charge is 0.313 e. The van der Waals surface area contributed by atoms with E-state index in [0.29, 0.717) is 28.1 Å². The molecule has 5 nitrogen and oxygen atoms in total. The summed E-state index contributed by atoms with van der Waals surface area (Å²) in [4.78, 5) is 23.7. The molecule has 0 saturated heterocycles. The average Bonchev–Trinajstić information content (AvgIpc) is 2.57. The molecule has 0 aliphatic heterocycles. The second kappa shape index (κ2) is 8.70. The zero-order valence-electron chi connectivity index (χ0n) is 12.9. The van der Waals surface area contributed by atoms with Crippen LogP contribution in [0.5, 0.6) is 5.75 Å². The standard InChI is InChI=1S/C17H16BrClN2O3/c1-24-13-5-2-11(3-6-13)8-9-20-16(22)17(23)21-15-7-4-12(19)10-14(15)18/h2-7,10H,8-9H2,1H3,(H,20,22)(H,21,23). The molecule has 0 fully saturated rings. The third kappa shape index (κ3) is 5.25. The first-order valence-corrected chi connectivity index (χ1v) is 8.34. The van der Waals surface area contributed by atoms with Gasteiger partial charge in [-0.2, -0.15) is 0 Å². The van der Waals surface area contributed by atoms with Crippen molar-refractivity contribution in [2.45, 2.75) is 6.42 Å². The summed E-state index contributed by atoms with van der Waals surface area (Å²) in [6.45, 7) is 0.361. The van der Waals surface area contributed by atoms with E-state index in [1.807, 2.05) is 24.3 Å². The number of carbonyl (C=O) groups is 2. The Kier molecular flexibility index (Phi) is 6.63. The van der Waals surface area contributed by atoms with Crippen LogP contribution in [0.25, 0.3) is 0 Å². The van der Waals surface area contributed by atoms with Crippen LogP contribution >= 0.6 is 27.5 Å². The quantitative estimate of drug-likeness (QED) is 0.741. The van der Waals surface area contributed by atoms with E-state index in [0.717, 1.165) is 11.3 Å². The number of methoxy groups -OCH3 is 1. The molecule has 0 aliphatic rings. The van der Waals surface area contributed by atoms with Crippen LogP contribution < -0.4 is 15.4 Å². The Morgan fingerprint density at radius 2 is 1.83 bits per heavy atom. The number of hydrogen-bond donors (Lipinski definition) is 2. The van der Waals surface area contributed by atoms with E-state index in [1.54, 1.807) is 25.3 Å². The SMILES string of the molecule is COc1ccc(CCNC(=O)C(=O)Nc2ccc(Cl)cc2Br)cc1. The van der Waals surface area contributed by atoms with E-state index in [4.69, 9.17) is 16.3 Å². The molecular formula is C17H16BrClN2O3. The van der Waals surface area contributed by atoms with Crippen molar-refractivity contribution in [1.29, 1.82) is 0 Å². The number of nitrogens with one attached hydrogen (secondary N) is 2. The third-order valence-corrected chi connectivity index (χ3v) is 4.14. The van der Waals surface area contributed by atoms with Gasteiger partial charge in [0, 0.05) is 16.0 Å². The van der Waals surface area contributed by atoms with Gasteiger partial charge in [-0.25, -0.2) is 0 Å².